The standard InChI is InChI=1S/C17H26N4O3/c22-21(23)15-16(20-13-8-4-1-2-5-9-13)18-12-19-17(15)24-14-10-6-3-7-11-14/h12-14H,1-11H2,(H,18,19,20). The lowest BCUT2D eigenvalue weighted by Crippen LogP contribution is -2.23. The Bertz CT molecular complexity index is 553. The van der Waals surface area contributed by atoms with Crippen LogP contribution in [-0.4, -0.2) is 27.0 Å². The highest BCUT2D eigenvalue weighted by Gasteiger charge is 2.28. The summed E-state index contributed by atoms with van der Waals surface area (Å²) < 4.78 is 5.87. The van der Waals surface area contributed by atoms with Crippen LogP contribution in [0.25, 0.3) is 0 Å². The van der Waals surface area contributed by atoms with Gasteiger partial charge in [0, 0.05) is 6.04 Å². The first-order valence-corrected chi connectivity index (χ1v) is 9.16. The molecule has 0 spiro atoms. The number of hydrogen-bond donors (Lipinski definition) is 1. The third-order valence-corrected chi connectivity index (χ3v) is 5.00. The number of aromatic nitrogens is 2. The van der Waals surface area contributed by atoms with Crippen LogP contribution >= 0.6 is 0 Å². The van der Waals surface area contributed by atoms with Crippen molar-refractivity contribution < 1.29 is 9.66 Å². The van der Waals surface area contributed by atoms with Gasteiger partial charge in [-0.05, 0) is 38.5 Å². The predicted octanol–water partition coefficient (Wildman–Crippen LogP) is 4.23. The van der Waals surface area contributed by atoms with Crippen LogP contribution in [0, 0.1) is 10.1 Å². The third kappa shape index (κ3) is 4.33. The molecule has 1 N–H and O–H groups in total. The molecule has 3 rings (SSSR count). The molecule has 2 fully saturated rings. The molecule has 2 saturated carbocycles. The summed E-state index contributed by atoms with van der Waals surface area (Å²) in [6.07, 6.45) is 13.5. The highest BCUT2D eigenvalue weighted by molar-refractivity contribution is 5.61. The van der Waals surface area contributed by atoms with Gasteiger partial charge in [0.1, 0.15) is 12.4 Å². The topological polar surface area (TPSA) is 90.2 Å². The van der Waals surface area contributed by atoms with Crippen molar-refractivity contribution in [3.8, 4) is 5.88 Å². The number of hydrogen-bond acceptors (Lipinski definition) is 6. The second kappa shape index (κ2) is 8.26. The van der Waals surface area contributed by atoms with Crippen LogP contribution in [0.1, 0.15) is 70.6 Å². The SMILES string of the molecule is O=[N+]([O-])c1c(NC2CCCCCC2)ncnc1OC1CCCCC1. The molecule has 0 aromatic carbocycles. The van der Waals surface area contributed by atoms with Crippen molar-refractivity contribution in [1.82, 2.24) is 9.97 Å². The molecule has 2 aliphatic rings. The Morgan fingerprint density at radius 2 is 1.62 bits per heavy atom. The summed E-state index contributed by atoms with van der Waals surface area (Å²) in [5.41, 5.74) is -0.118. The van der Waals surface area contributed by atoms with Gasteiger partial charge in [-0.25, -0.2) is 4.98 Å². The smallest absolute Gasteiger partial charge is 0.372 e. The minimum Gasteiger partial charge on any atom is -0.469 e. The van der Waals surface area contributed by atoms with E-state index in [0.717, 1.165) is 51.4 Å². The number of nitrogens with one attached hydrogen (secondary N) is 1. The van der Waals surface area contributed by atoms with Gasteiger partial charge in [-0.2, -0.15) is 4.98 Å². The molecule has 7 heteroatoms. The molecule has 0 aliphatic heterocycles. The molecule has 1 aromatic heterocycles. The second-order valence-electron chi connectivity index (χ2n) is 6.84. The molecular formula is C17H26N4O3. The van der Waals surface area contributed by atoms with Crippen LogP contribution < -0.4 is 10.1 Å². The van der Waals surface area contributed by atoms with Gasteiger partial charge < -0.3 is 10.1 Å². The van der Waals surface area contributed by atoms with Gasteiger partial charge in [0.2, 0.25) is 5.82 Å². The highest BCUT2D eigenvalue weighted by Crippen LogP contribution is 2.34. The van der Waals surface area contributed by atoms with Gasteiger partial charge in [0.05, 0.1) is 4.92 Å². The van der Waals surface area contributed by atoms with Crippen molar-refractivity contribution in [1.29, 1.82) is 0 Å². The summed E-state index contributed by atoms with van der Waals surface area (Å²) in [5.74, 6) is 0.408. The van der Waals surface area contributed by atoms with E-state index in [1.807, 2.05) is 0 Å². The van der Waals surface area contributed by atoms with Crippen LogP contribution in [0.15, 0.2) is 6.33 Å². The van der Waals surface area contributed by atoms with Crippen LogP contribution in [0.2, 0.25) is 0 Å². The van der Waals surface area contributed by atoms with Crippen LogP contribution in [0.5, 0.6) is 5.88 Å². The van der Waals surface area contributed by atoms with E-state index in [0.29, 0.717) is 5.82 Å². The lowest BCUT2D eigenvalue weighted by atomic mass is 9.98. The van der Waals surface area contributed by atoms with Gasteiger partial charge in [-0.15, -0.1) is 0 Å². The largest absolute Gasteiger partial charge is 0.469 e. The molecule has 0 bridgehead atoms. The fourth-order valence-corrected chi connectivity index (χ4v) is 3.68. The zero-order valence-electron chi connectivity index (χ0n) is 14.1. The first-order valence-electron chi connectivity index (χ1n) is 9.16. The Kier molecular flexibility index (Phi) is 5.82. The van der Waals surface area contributed by atoms with Crippen LogP contribution in [0.4, 0.5) is 11.5 Å². The number of ether oxygens (including phenoxy) is 1. The first kappa shape index (κ1) is 16.9. The zero-order chi connectivity index (χ0) is 16.8. The normalized spacial score (nSPS) is 20.3. The van der Waals surface area contributed by atoms with Gasteiger partial charge in [0.15, 0.2) is 0 Å². The molecule has 7 nitrogen and oxygen atoms in total. The van der Waals surface area contributed by atoms with Gasteiger partial charge in [-0.3, -0.25) is 10.1 Å². The highest BCUT2D eigenvalue weighted by atomic mass is 16.6. The quantitative estimate of drug-likeness (QED) is 0.492. The Balaban J connectivity index is 1.77. The lowest BCUT2D eigenvalue weighted by molar-refractivity contribution is -0.385. The number of rotatable bonds is 5. The molecule has 0 saturated heterocycles. The molecule has 24 heavy (non-hydrogen) atoms. The van der Waals surface area contributed by atoms with Crippen molar-refractivity contribution in [2.45, 2.75) is 82.8 Å². The molecule has 0 unspecified atom stereocenters. The van der Waals surface area contributed by atoms with Crippen molar-refractivity contribution in [2.24, 2.45) is 0 Å². The number of nitro groups is 1. The molecule has 132 valence electrons. The number of anilines is 1. The predicted molar refractivity (Wildman–Crippen MR) is 91.3 cm³/mol. The molecule has 0 amide bonds. The summed E-state index contributed by atoms with van der Waals surface area (Å²) in [6, 6.07) is 0.239. The summed E-state index contributed by atoms with van der Waals surface area (Å²) in [6.45, 7) is 0. The van der Waals surface area contributed by atoms with Crippen molar-refractivity contribution in [3.05, 3.63) is 16.4 Å². The second-order valence-corrected chi connectivity index (χ2v) is 6.84. The van der Waals surface area contributed by atoms with Gasteiger partial charge >= 0.3 is 5.69 Å². The van der Waals surface area contributed by atoms with E-state index in [9.17, 15) is 10.1 Å². The average molecular weight is 334 g/mol. The summed E-state index contributed by atoms with van der Waals surface area (Å²) in [7, 11) is 0. The van der Waals surface area contributed by atoms with E-state index in [2.05, 4.69) is 15.3 Å². The molecule has 2 aliphatic carbocycles. The first-order chi connectivity index (χ1) is 11.7. The van der Waals surface area contributed by atoms with E-state index in [-0.39, 0.29) is 23.7 Å². The van der Waals surface area contributed by atoms with Crippen LogP contribution in [-0.2, 0) is 0 Å². The minimum atomic E-state index is -0.419. The Morgan fingerprint density at radius 1 is 1.00 bits per heavy atom. The molecular weight excluding hydrogens is 308 g/mol. The summed E-state index contributed by atoms with van der Waals surface area (Å²) in [4.78, 5) is 19.4. The van der Waals surface area contributed by atoms with Crippen LogP contribution in [0.3, 0.4) is 0 Å². The lowest BCUT2D eigenvalue weighted by Gasteiger charge is -2.22. The fourth-order valence-electron chi connectivity index (χ4n) is 3.68. The Hall–Kier alpha value is -1.92. The molecule has 1 heterocycles. The van der Waals surface area contributed by atoms with E-state index in [1.54, 1.807) is 0 Å². The van der Waals surface area contributed by atoms with Crippen molar-refractivity contribution in [2.75, 3.05) is 5.32 Å². The van der Waals surface area contributed by atoms with E-state index in [1.165, 1.54) is 25.6 Å². The number of nitrogens with zero attached hydrogens (tertiary/aromatic N) is 3. The van der Waals surface area contributed by atoms with Gasteiger partial charge in [-0.1, -0.05) is 32.1 Å². The zero-order valence-corrected chi connectivity index (χ0v) is 14.1. The monoisotopic (exact) mass is 334 g/mol. The minimum absolute atomic E-state index is 0.0260. The van der Waals surface area contributed by atoms with Crippen molar-refractivity contribution in [3.63, 3.8) is 0 Å². The Labute approximate surface area is 142 Å². The Morgan fingerprint density at radius 3 is 2.29 bits per heavy atom. The fraction of sp³-hybridized carbons (Fsp3) is 0.765. The molecule has 0 atom stereocenters. The third-order valence-electron chi connectivity index (χ3n) is 5.00. The maximum atomic E-state index is 11.6. The molecule has 0 radical (unpaired) electrons. The maximum absolute atomic E-state index is 11.6. The summed E-state index contributed by atoms with van der Waals surface area (Å²) in [5, 5.41) is 14.9. The van der Waals surface area contributed by atoms with E-state index >= 15 is 0 Å². The van der Waals surface area contributed by atoms with E-state index < -0.39 is 4.92 Å². The molecule has 1 aromatic rings. The van der Waals surface area contributed by atoms with Crippen molar-refractivity contribution >= 4 is 11.5 Å². The summed E-state index contributed by atoms with van der Waals surface area (Å²) >= 11 is 0. The average Bonchev–Trinajstić information content (AvgIpc) is 2.84. The van der Waals surface area contributed by atoms with Gasteiger partial charge in [0.25, 0.3) is 5.88 Å². The maximum Gasteiger partial charge on any atom is 0.372 e. The van der Waals surface area contributed by atoms with E-state index in [4.69, 9.17) is 4.74 Å².